The third kappa shape index (κ3) is 4.94. The number of hydrogen-bond acceptors (Lipinski definition) is 4. The molecule has 0 spiro atoms. The first kappa shape index (κ1) is 27.3. The molecular weight excluding hydrogens is 549 g/mol. The Labute approximate surface area is 255 Å². The van der Waals surface area contributed by atoms with Crippen LogP contribution in [-0.4, -0.2) is 25.3 Å². The maximum absolute atomic E-state index is 7.32. The summed E-state index contributed by atoms with van der Waals surface area (Å²) in [6.45, 7) is 5.90. The molecule has 5 aromatic rings. The highest BCUT2D eigenvalue weighted by atomic mass is 31.1. The van der Waals surface area contributed by atoms with Crippen molar-refractivity contribution in [1.82, 2.24) is 0 Å². The summed E-state index contributed by atoms with van der Waals surface area (Å²) in [4.78, 5) is 0. The molecule has 2 atom stereocenters. The lowest BCUT2D eigenvalue weighted by molar-refractivity contribution is -0.00309. The molecule has 0 radical (unpaired) electrons. The summed E-state index contributed by atoms with van der Waals surface area (Å²) >= 11 is 0. The molecule has 0 bridgehead atoms. The lowest BCUT2D eigenvalue weighted by atomic mass is 9.81. The molecule has 4 nitrogen and oxygen atoms in total. The summed E-state index contributed by atoms with van der Waals surface area (Å²) in [5.41, 5.74) is 12.8. The first-order valence-corrected chi connectivity index (χ1v) is 17.3. The largest absolute Gasteiger partial charge is 0.407 e. The van der Waals surface area contributed by atoms with Gasteiger partial charge in [-0.25, -0.2) is 0 Å². The van der Waals surface area contributed by atoms with Crippen molar-refractivity contribution in [2.45, 2.75) is 77.4 Å². The van der Waals surface area contributed by atoms with Gasteiger partial charge in [0.05, 0.1) is 12.2 Å². The van der Waals surface area contributed by atoms with Crippen LogP contribution in [0.25, 0.3) is 44.2 Å². The Morgan fingerprint density at radius 1 is 0.605 bits per heavy atom. The van der Waals surface area contributed by atoms with Crippen molar-refractivity contribution in [1.29, 1.82) is 0 Å². The third-order valence-corrected chi connectivity index (χ3v) is 11.1. The van der Waals surface area contributed by atoms with E-state index in [1.807, 2.05) is 0 Å². The van der Waals surface area contributed by atoms with Gasteiger partial charge in [-0.1, -0.05) is 60.7 Å². The molecule has 5 heteroatoms. The van der Waals surface area contributed by atoms with Gasteiger partial charge in [0.25, 0.3) is 0 Å². The van der Waals surface area contributed by atoms with E-state index in [9.17, 15) is 0 Å². The second-order valence-electron chi connectivity index (χ2n) is 12.7. The van der Waals surface area contributed by atoms with E-state index < -0.39 is 8.16 Å². The summed E-state index contributed by atoms with van der Waals surface area (Å²) in [6.07, 6.45) is 9.56. The van der Waals surface area contributed by atoms with Crippen LogP contribution in [0.15, 0.2) is 81.2 Å². The lowest BCUT2D eigenvalue weighted by Gasteiger charge is -2.32. The van der Waals surface area contributed by atoms with Crippen LogP contribution in [0.1, 0.15) is 61.8 Å². The van der Waals surface area contributed by atoms with E-state index >= 15 is 0 Å². The van der Waals surface area contributed by atoms with Crippen LogP contribution in [0.2, 0.25) is 0 Å². The van der Waals surface area contributed by atoms with Crippen molar-refractivity contribution in [3.63, 3.8) is 0 Å². The molecule has 1 saturated heterocycles. The van der Waals surface area contributed by atoms with Gasteiger partial charge in [0.1, 0.15) is 0 Å². The number of aryl methyl sites for hydroxylation is 4. The monoisotopic (exact) mass is 589 g/mol. The number of nitrogens with zero attached hydrogens (tertiary/aromatic N) is 1. The van der Waals surface area contributed by atoms with Gasteiger partial charge in [0.2, 0.25) is 0 Å². The summed E-state index contributed by atoms with van der Waals surface area (Å²) < 4.78 is 23.2. The summed E-state index contributed by atoms with van der Waals surface area (Å²) in [5, 5.41) is 2.61. The normalized spacial score (nSPS) is 20.6. The van der Waals surface area contributed by atoms with Crippen molar-refractivity contribution >= 4 is 30.1 Å². The molecule has 0 N–H and O–H groups in total. The highest BCUT2D eigenvalue weighted by Crippen LogP contribution is 2.49. The number of morpholine rings is 1. The van der Waals surface area contributed by atoms with Crippen molar-refractivity contribution in [2.24, 2.45) is 0 Å². The maximum atomic E-state index is 7.32. The van der Waals surface area contributed by atoms with Gasteiger partial charge >= 0.3 is 8.16 Å². The average Bonchev–Trinajstić information content (AvgIpc) is 3.23. The molecule has 2 unspecified atom stereocenters. The van der Waals surface area contributed by atoms with E-state index in [1.54, 1.807) is 0 Å². The zero-order valence-corrected chi connectivity index (χ0v) is 26.2. The average molecular weight is 590 g/mol. The Bertz CT molecular complexity index is 1710. The number of ether oxygens (including phenoxy) is 1. The topological polar surface area (TPSA) is 38.8 Å². The zero-order chi connectivity index (χ0) is 28.9. The zero-order valence-electron chi connectivity index (χ0n) is 25.3. The Hall–Kier alpha value is -3.30. The fourth-order valence-electron chi connectivity index (χ4n) is 7.73. The van der Waals surface area contributed by atoms with E-state index in [-0.39, 0.29) is 12.2 Å². The first-order chi connectivity index (χ1) is 21.1. The van der Waals surface area contributed by atoms with Crippen molar-refractivity contribution in [3.8, 4) is 22.3 Å². The van der Waals surface area contributed by atoms with E-state index in [0.717, 1.165) is 49.9 Å². The molecular formula is C38H40NO3P. The van der Waals surface area contributed by atoms with Crippen molar-refractivity contribution in [2.75, 3.05) is 17.8 Å². The molecule has 0 saturated carbocycles. The maximum Gasteiger partial charge on any atom is 0.309 e. The molecule has 220 valence electrons. The van der Waals surface area contributed by atoms with Crippen molar-refractivity contribution < 1.29 is 13.1 Å². The molecule has 43 heavy (non-hydrogen) atoms. The summed E-state index contributed by atoms with van der Waals surface area (Å²) in [5.74, 6) is 0. The minimum absolute atomic E-state index is 0.120. The van der Waals surface area contributed by atoms with Gasteiger partial charge in [-0.05, 0) is 111 Å². The van der Waals surface area contributed by atoms with Crippen LogP contribution < -0.4 is 4.67 Å². The minimum atomic E-state index is -1.43. The minimum Gasteiger partial charge on any atom is -0.407 e. The van der Waals surface area contributed by atoms with E-state index in [2.05, 4.69) is 91.3 Å². The van der Waals surface area contributed by atoms with Gasteiger partial charge in [0.15, 0.2) is 11.2 Å². The van der Waals surface area contributed by atoms with Gasteiger partial charge in [-0.2, -0.15) is 4.67 Å². The predicted molar refractivity (Wildman–Crippen MR) is 178 cm³/mol. The SMILES string of the molecule is CC1CN(p2oc3c(-c4ccccc4)cc4c(c3c3c5c(cc(-c6ccccc6)c3o2)CCCC5)CCCC4)CC(C)O1. The predicted octanol–water partition coefficient (Wildman–Crippen LogP) is 10.1. The van der Waals surface area contributed by atoms with Crippen LogP contribution in [-0.2, 0) is 30.4 Å². The number of rotatable bonds is 3. The summed E-state index contributed by atoms with van der Waals surface area (Å²) in [7, 11) is -1.43. The van der Waals surface area contributed by atoms with E-state index in [4.69, 9.17) is 13.1 Å². The molecule has 3 aliphatic rings. The molecule has 1 fully saturated rings. The number of fused-ring (bicyclic) bond motifs is 7. The smallest absolute Gasteiger partial charge is 0.309 e. The first-order valence-electron chi connectivity index (χ1n) is 16.2. The highest BCUT2D eigenvalue weighted by Gasteiger charge is 2.30. The molecule has 4 aromatic carbocycles. The summed E-state index contributed by atoms with van der Waals surface area (Å²) in [6, 6.07) is 26.6. The van der Waals surface area contributed by atoms with Crippen LogP contribution >= 0.6 is 8.16 Å². The second-order valence-corrected chi connectivity index (χ2v) is 14.1. The molecule has 1 aliphatic heterocycles. The molecule has 0 amide bonds. The van der Waals surface area contributed by atoms with E-state index in [1.165, 1.54) is 81.0 Å². The van der Waals surface area contributed by atoms with Crippen molar-refractivity contribution in [3.05, 3.63) is 95.1 Å². The fraction of sp³-hybridized carbons (Fsp3) is 0.368. The number of hydrogen-bond donors (Lipinski definition) is 0. The van der Waals surface area contributed by atoms with Crippen LogP contribution in [0.4, 0.5) is 0 Å². The standard InChI is InChI=1S/C38H40NO3P/c1-25-23-39(24-26(2)40-25)43-41-37-33(27-13-5-3-6-14-27)21-29-17-9-11-19-31(29)35(37)36-32-20-12-10-18-30(32)22-34(38(36)42-43)28-15-7-4-8-16-28/h3-8,13-16,21-22,25-26H,9-12,17-20,23-24H2,1-2H3. The molecule has 2 aliphatic carbocycles. The Balaban J connectivity index is 1.59. The Morgan fingerprint density at radius 3 is 1.51 bits per heavy atom. The third-order valence-electron chi connectivity index (χ3n) is 9.59. The quantitative estimate of drug-likeness (QED) is 0.210. The van der Waals surface area contributed by atoms with Gasteiger partial charge < -0.3 is 13.1 Å². The fourth-order valence-corrected chi connectivity index (χ4v) is 9.41. The number of benzene rings is 4. The Morgan fingerprint density at radius 2 is 1.05 bits per heavy atom. The van der Waals surface area contributed by atoms with Crippen LogP contribution in [0.3, 0.4) is 0 Å². The molecule has 2 heterocycles. The van der Waals surface area contributed by atoms with Gasteiger partial charge in [-0.3, -0.25) is 0 Å². The Kier molecular flexibility index (Phi) is 7.18. The van der Waals surface area contributed by atoms with Gasteiger partial charge in [-0.15, -0.1) is 0 Å². The lowest BCUT2D eigenvalue weighted by Crippen LogP contribution is -2.44. The van der Waals surface area contributed by atoms with Crippen LogP contribution in [0.5, 0.6) is 0 Å². The van der Waals surface area contributed by atoms with E-state index in [0.29, 0.717) is 0 Å². The molecule has 1 aromatic heterocycles. The van der Waals surface area contributed by atoms with Crippen LogP contribution in [0, 0.1) is 0 Å². The molecule has 8 rings (SSSR count). The van der Waals surface area contributed by atoms with Gasteiger partial charge in [0, 0.05) is 35.0 Å². The highest BCUT2D eigenvalue weighted by molar-refractivity contribution is 7.39. The second kappa shape index (κ2) is 11.3.